The third-order valence-electron chi connectivity index (χ3n) is 3.06. The molecule has 1 aromatic carbocycles. The molecule has 0 spiro atoms. The second-order valence-electron chi connectivity index (χ2n) is 4.68. The van der Waals surface area contributed by atoms with Crippen molar-refractivity contribution < 1.29 is 9.53 Å². The summed E-state index contributed by atoms with van der Waals surface area (Å²) in [4.78, 5) is 11.7. The number of hydrogen-bond donors (Lipinski definition) is 2. The van der Waals surface area contributed by atoms with Crippen LogP contribution in [-0.4, -0.2) is 25.3 Å². The molecular weight excluding hydrogens is 254 g/mol. The zero-order valence-corrected chi connectivity index (χ0v) is 11.8. The predicted octanol–water partition coefficient (Wildman–Crippen LogP) is 2.32. The molecule has 20 heavy (non-hydrogen) atoms. The Morgan fingerprint density at radius 2 is 2.15 bits per heavy atom. The third kappa shape index (κ3) is 3.85. The molecule has 0 fully saturated rings. The van der Waals surface area contributed by atoms with Gasteiger partial charge in [0.2, 0.25) is 0 Å². The Bertz CT molecular complexity index is 550. The van der Waals surface area contributed by atoms with Crippen LogP contribution in [0.1, 0.15) is 19.8 Å². The number of carbonyl (C=O) groups excluding carboxylic acids is 1. The van der Waals surface area contributed by atoms with E-state index in [1.54, 1.807) is 7.11 Å². The zero-order chi connectivity index (χ0) is 14.4. The molecule has 2 rings (SSSR count). The molecule has 0 aliphatic heterocycles. The van der Waals surface area contributed by atoms with Crippen molar-refractivity contribution in [2.45, 2.75) is 19.8 Å². The molecule has 0 heterocycles. The van der Waals surface area contributed by atoms with Crippen molar-refractivity contribution in [3.8, 4) is 5.75 Å². The highest BCUT2D eigenvalue weighted by atomic mass is 16.5. The van der Waals surface area contributed by atoms with Gasteiger partial charge in [0.05, 0.1) is 25.1 Å². The molecule has 0 atom stereocenters. The van der Waals surface area contributed by atoms with E-state index in [2.05, 4.69) is 22.8 Å². The van der Waals surface area contributed by atoms with Crippen molar-refractivity contribution in [3.05, 3.63) is 35.9 Å². The van der Waals surface area contributed by atoms with Gasteiger partial charge >= 0.3 is 0 Å². The summed E-state index contributed by atoms with van der Waals surface area (Å²) in [6, 6.07) is 7.47. The van der Waals surface area contributed by atoms with Crippen LogP contribution in [-0.2, 0) is 4.79 Å². The molecule has 0 radical (unpaired) electrons. The van der Waals surface area contributed by atoms with E-state index in [-0.39, 0.29) is 12.5 Å². The molecule has 1 amide bonds. The molecule has 1 aliphatic carbocycles. The SMILES string of the molecule is COc1ccccc1NCC(=O)NN=C1C=C(C)CC1. The zero-order valence-electron chi connectivity index (χ0n) is 11.8. The van der Waals surface area contributed by atoms with Gasteiger partial charge in [0.15, 0.2) is 0 Å². The number of nitrogens with zero attached hydrogens (tertiary/aromatic N) is 1. The van der Waals surface area contributed by atoms with Gasteiger partial charge in [-0.2, -0.15) is 5.10 Å². The lowest BCUT2D eigenvalue weighted by Gasteiger charge is -2.09. The summed E-state index contributed by atoms with van der Waals surface area (Å²) >= 11 is 0. The van der Waals surface area contributed by atoms with Gasteiger partial charge < -0.3 is 10.1 Å². The number of para-hydroxylation sites is 2. The van der Waals surface area contributed by atoms with E-state index in [1.807, 2.05) is 30.3 Å². The second kappa shape index (κ2) is 6.75. The first kappa shape index (κ1) is 14.1. The van der Waals surface area contributed by atoms with E-state index in [4.69, 9.17) is 4.74 Å². The van der Waals surface area contributed by atoms with E-state index in [0.717, 1.165) is 24.2 Å². The maximum Gasteiger partial charge on any atom is 0.259 e. The second-order valence-corrected chi connectivity index (χ2v) is 4.68. The number of nitrogens with one attached hydrogen (secondary N) is 2. The maximum absolute atomic E-state index is 11.7. The number of anilines is 1. The Labute approximate surface area is 118 Å². The van der Waals surface area contributed by atoms with Crippen molar-refractivity contribution >= 4 is 17.3 Å². The van der Waals surface area contributed by atoms with Crippen molar-refractivity contribution in [1.29, 1.82) is 0 Å². The van der Waals surface area contributed by atoms with Crippen LogP contribution in [0.4, 0.5) is 5.69 Å². The minimum Gasteiger partial charge on any atom is -0.495 e. The van der Waals surface area contributed by atoms with Crippen LogP contribution in [0.25, 0.3) is 0 Å². The molecule has 0 bridgehead atoms. The first-order chi connectivity index (χ1) is 9.69. The number of methoxy groups -OCH3 is 1. The quantitative estimate of drug-likeness (QED) is 0.809. The molecule has 0 aromatic heterocycles. The summed E-state index contributed by atoms with van der Waals surface area (Å²) in [5.74, 6) is 0.530. The number of hydrogen-bond acceptors (Lipinski definition) is 4. The average molecular weight is 273 g/mol. The molecule has 1 aliphatic rings. The Morgan fingerprint density at radius 3 is 2.85 bits per heavy atom. The molecule has 2 N–H and O–H groups in total. The van der Waals surface area contributed by atoms with Crippen LogP contribution < -0.4 is 15.5 Å². The summed E-state index contributed by atoms with van der Waals surface area (Å²) in [6.07, 6.45) is 3.92. The number of allylic oxidation sites excluding steroid dienone is 2. The van der Waals surface area contributed by atoms with Gasteiger partial charge in [-0.05, 0) is 38.0 Å². The summed E-state index contributed by atoms with van der Waals surface area (Å²) in [6.45, 7) is 2.22. The standard InChI is InChI=1S/C15H19N3O2/c1-11-7-8-12(9-11)17-18-15(19)10-16-13-5-3-4-6-14(13)20-2/h3-6,9,16H,7-8,10H2,1-2H3,(H,18,19). The number of ether oxygens (including phenoxy) is 1. The molecule has 106 valence electrons. The molecule has 1 aromatic rings. The van der Waals surface area contributed by atoms with Crippen LogP contribution in [0, 0.1) is 0 Å². The number of hydrazone groups is 1. The minimum atomic E-state index is -0.179. The smallest absolute Gasteiger partial charge is 0.259 e. The van der Waals surface area contributed by atoms with E-state index in [0.29, 0.717) is 5.75 Å². The fourth-order valence-electron chi connectivity index (χ4n) is 1.98. The Kier molecular flexibility index (Phi) is 4.76. The minimum absolute atomic E-state index is 0.153. The van der Waals surface area contributed by atoms with Gasteiger partial charge in [-0.25, -0.2) is 5.43 Å². The number of benzene rings is 1. The summed E-state index contributed by atoms with van der Waals surface area (Å²) in [5.41, 5.74) is 5.56. The summed E-state index contributed by atoms with van der Waals surface area (Å²) in [5, 5.41) is 7.12. The van der Waals surface area contributed by atoms with Crippen LogP contribution in [0.2, 0.25) is 0 Å². The third-order valence-corrected chi connectivity index (χ3v) is 3.06. The van der Waals surface area contributed by atoms with Crippen LogP contribution in [0.5, 0.6) is 5.75 Å². The number of amides is 1. The fraction of sp³-hybridized carbons (Fsp3) is 0.333. The predicted molar refractivity (Wildman–Crippen MR) is 80.1 cm³/mol. The van der Waals surface area contributed by atoms with E-state index < -0.39 is 0 Å². The molecule has 0 saturated carbocycles. The fourth-order valence-corrected chi connectivity index (χ4v) is 1.98. The molecular formula is C15H19N3O2. The van der Waals surface area contributed by atoms with Gasteiger partial charge in [0.1, 0.15) is 5.75 Å². The lowest BCUT2D eigenvalue weighted by Crippen LogP contribution is -2.26. The van der Waals surface area contributed by atoms with Gasteiger partial charge in [-0.15, -0.1) is 0 Å². The topological polar surface area (TPSA) is 62.7 Å². The van der Waals surface area contributed by atoms with Gasteiger partial charge in [-0.3, -0.25) is 4.79 Å². The number of carbonyl (C=O) groups is 1. The summed E-state index contributed by atoms with van der Waals surface area (Å²) < 4.78 is 5.20. The van der Waals surface area contributed by atoms with E-state index >= 15 is 0 Å². The monoisotopic (exact) mass is 273 g/mol. The Balaban J connectivity index is 1.83. The molecule has 5 nitrogen and oxygen atoms in total. The highest BCUT2D eigenvalue weighted by Crippen LogP contribution is 2.22. The lowest BCUT2D eigenvalue weighted by atomic mass is 10.3. The highest BCUT2D eigenvalue weighted by Gasteiger charge is 2.08. The van der Waals surface area contributed by atoms with Crippen molar-refractivity contribution in [2.24, 2.45) is 5.10 Å². The normalized spacial score (nSPS) is 15.9. The Hall–Kier alpha value is -2.30. The molecule has 5 heteroatoms. The lowest BCUT2D eigenvalue weighted by molar-refractivity contribution is -0.119. The van der Waals surface area contributed by atoms with Gasteiger partial charge in [0, 0.05) is 0 Å². The first-order valence-electron chi connectivity index (χ1n) is 6.58. The van der Waals surface area contributed by atoms with Crippen molar-refractivity contribution in [2.75, 3.05) is 19.0 Å². The summed E-state index contributed by atoms with van der Waals surface area (Å²) in [7, 11) is 1.60. The largest absolute Gasteiger partial charge is 0.495 e. The first-order valence-corrected chi connectivity index (χ1v) is 6.58. The maximum atomic E-state index is 11.7. The van der Waals surface area contributed by atoms with E-state index in [9.17, 15) is 4.79 Å². The number of rotatable bonds is 5. The highest BCUT2D eigenvalue weighted by molar-refractivity contribution is 5.98. The molecule has 0 unspecified atom stereocenters. The van der Waals surface area contributed by atoms with Gasteiger partial charge in [-0.1, -0.05) is 17.7 Å². The van der Waals surface area contributed by atoms with Crippen LogP contribution in [0.3, 0.4) is 0 Å². The van der Waals surface area contributed by atoms with Gasteiger partial charge in [0.25, 0.3) is 5.91 Å². The van der Waals surface area contributed by atoms with Crippen LogP contribution >= 0.6 is 0 Å². The van der Waals surface area contributed by atoms with Crippen molar-refractivity contribution in [3.63, 3.8) is 0 Å². The average Bonchev–Trinajstić information content (AvgIpc) is 2.89. The van der Waals surface area contributed by atoms with Crippen molar-refractivity contribution in [1.82, 2.24) is 5.43 Å². The Morgan fingerprint density at radius 1 is 1.35 bits per heavy atom. The van der Waals surface area contributed by atoms with Crippen LogP contribution in [0.15, 0.2) is 41.0 Å². The van der Waals surface area contributed by atoms with E-state index in [1.165, 1.54) is 5.57 Å². The molecule has 0 saturated heterocycles.